The zero-order chi connectivity index (χ0) is 20.0. The zero-order valence-electron chi connectivity index (χ0n) is 15.5. The second-order valence-corrected chi connectivity index (χ2v) is 9.53. The molecule has 0 saturated carbocycles. The highest BCUT2D eigenvalue weighted by atomic mass is 35.5. The quantitative estimate of drug-likeness (QED) is 0.632. The molecule has 1 aromatic rings. The van der Waals surface area contributed by atoms with Crippen molar-refractivity contribution in [3.63, 3.8) is 0 Å². The van der Waals surface area contributed by atoms with Gasteiger partial charge in [-0.25, -0.2) is 13.2 Å². The van der Waals surface area contributed by atoms with E-state index in [4.69, 9.17) is 11.6 Å². The van der Waals surface area contributed by atoms with E-state index in [2.05, 4.69) is 16.0 Å². The molecule has 3 amide bonds. The molecular formula is C18H26ClN3O4S. The minimum Gasteiger partial charge on any atom is -0.350 e. The van der Waals surface area contributed by atoms with Gasteiger partial charge < -0.3 is 16.0 Å². The number of amides is 3. The summed E-state index contributed by atoms with van der Waals surface area (Å²) in [5, 5.41) is 8.70. The highest BCUT2D eigenvalue weighted by molar-refractivity contribution is 7.91. The summed E-state index contributed by atoms with van der Waals surface area (Å²) in [5.41, 5.74) is 0.788. The molecule has 3 N–H and O–H groups in total. The minimum absolute atomic E-state index is 0.0624. The van der Waals surface area contributed by atoms with Crippen LogP contribution in [0.5, 0.6) is 0 Å². The largest absolute Gasteiger partial charge is 0.350 e. The van der Waals surface area contributed by atoms with E-state index >= 15 is 0 Å². The fraction of sp³-hybridized carbons (Fsp3) is 0.556. The Labute approximate surface area is 165 Å². The molecule has 1 heterocycles. The summed E-state index contributed by atoms with van der Waals surface area (Å²) in [6.07, 6.45) is 1.09. The van der Waals surface area contributed by atoms with Gasteiger partial charge in [-0.2, -0.15) is 0 Å². The Morgan fingerprint density at radius 2 is 2.00 bits per heavy atom. The summed E-state index contributed by atoms with van der Waals surface area (Å²) in [6, 6.07) is 5.54. The molecular weight excluding hydrogens is 390 g/mol. The van der Waals surface area contributed by atoms with Crippen LogP contribution in [0.1, 0.15) is 32.3 Å². The number of hydrogen-bond acceptors (Lipinski definition) is 4. The van der Waals surface area contributed by atoms with Crippen molar-refractivity contribution >= 4 is 33.4 Å². The first-order valence-electron chi connectivity index (χ1n) is 9.00. The molecule has 1 aliphatic rings. The van der Waals surface area contributed by atoms with Crippen LogP contribution in [0.2, 0.25) is 5.02 Å². The molecule has 3 atom stereocenters. The number of rotatable bonds is 7. The van der Waals surface area contributed by atoms with E-state index in [0.29, 0.717) is 17.9 Å². The van der Waals surface area contributed by atoms with E-state index in [0.717, 1.165) is 5.56 Å². The first kappa shape index (κ1) is 21.5. The predicted octanol–water partition coefficient (Wildman–Crippen LogP) is 1.86. The van der Waals surface area contributed by atoms with E-state index < -0.39 is 28.0 Å². The monoisotopic (exact) mass is 415 g/mol. The van der Waals surface area contributed by atoms with Crippen molar-refractivity contribution in [2.75, 3.05) is 11.5 Å². The molecule has 27 heavy (non-hydrogen) atoms. The summed E-state index contributed by atoms with van der Waals surface area (Å²) in [7, 11) is -3.08. The lowest BCUT2D eigenvalue weighted by atomic mass is 9.98. The van der Waals surface area contributed by atoms with Crippen molar-refractivity contribution in [1.29, 1.82) is 0 Å². The molecule has 1 fully saturated rings. The first-order valence-corrected chi connectivity index (χ1v) is 11.2. The molecule has 150 valence electrons. The second kappa shape index (κ2) is 9.41. The van der Waals surface area contributed by atoms with Gasteiger partial charge in [0.25, 0.3) is 0 Å². The van der Waals surface area contributed by atoms with E-state index in [-0.39, 0.29) is 29.9 Å². The van der Waals surface area contributed by atoms with Gasteiger partial charge in [-0.1, -0.05) is 50.1 Å². The van der Waals surface area contributed by atoms with Gasteiger partial charge in [0.15, 0.2) is 9.84 Å². The predicted molar refractivity (Wildman–Crippen MR) is 105 cm³/mol. The lowest BCUT2D eigenvalue weighted by Crippen LogP contribution is -2.54. The number of nitrogens with one attached hydrogen (secondary N) is 3. The topological polar surface area (TPSA) is 104 Å². The molecule has 1 aromatic carbocycles. The molecule has 1 unspecified atom stereocenters. The Kier molecular flexibility index (Phi) is 7.49. The van der Waals surface area contributed by atoms with Crippen LogP contribution < -0.4 is 16.0 Å². The Hall–Kier alpha value is -1.80. The maximum Gasteiger partial charge on any atom is 0.315 e. The van der Waals surface area contributed by atoms with Crippen LogP contribution >= 0.6 is 11.6 Å². The van der Waals surface area contributed by atoms with Crippen molar-refractivity contribution in [3.8, 4) is 0 Å². The van der Waals surface area contributed by atoms with Gasteiger partial charge in [-0.15, -0.1) is 0 Å². The molecule has 2 rings (SSSR count). The lowest BCUT2D eigenvalue weighted by molar-refractivity contribution is -0.124. The average Bonchev–Trinajstić information content (AvgIpc) is 2.96. The Bertz CT molecular complexity index is 785. The third-order valence-corrected chi connectivity index (χ3v) is 6.90. The third kappa shape index (κ3) is 6.39. The van der Waals surface area contributed by atoms with Gasteiger partial charge in [0.1, 0.15) is 6.04 Å². The maximum atomic E-state index is 12.6. The maximum absolute atomic E-state index is 12.6. The number of benzene rings is 1. The Morgan fingerprint density at radius 1 is 1.30 bits per heavy atom. The standard InChI is InChI=1S/C18H26ClN3O4S/c1-3-12(2)16(17(23)20-10-13-6-4-5-7-15(13)19)22-18(24)21-14-8-9-27(25,26)11-14/h4-7,12,14,16H,3,8-11H2,1-2H3,(H,20,23)(H2,21,22,24)/t12-,14?,16+/m0/s1. The summed E-state index contributed by atoms with van der Waals surface area (Å²) in [4.78, 5) is 24.9. The SMILES string of the molecule is CC[C@H](C)[C@@H](NC(=O)NC1CCS(=O)(=O)C1)C(=O)NCc1ccccc1Cl. The Morgan fingerprint density at radius 3 is 2.59 bits per heavy atom. The van der Waals surface area contributed by atoms with Crippen LogP contribution in [0.15, 0.2) is 24.3 Å². The van der Waals surface area contributed by atoms with E-state index in [1.165, 1.54) is 0 Å². The van der Waals surface area contributed by atoms with Crippen LogP contribution in [-0.2, 0) is 21.2 Å². The van der Waals surface area contributed by atoms with Crippen LogP contribution in [0.3, 0.4) is 0 Å². The van der Waals surface area contributed by atoms with Gasteiger partial charge in [-0.3, -0.25) is 4.79 Å². The van der Waals surface area contributed by atoms with Crippen LogP contribution in [0.4, 0.5) is 4.79 Å². The Balaban J connectivity index is 1.94. The molecule has 0 aromatic heterocycles. The van der Waals surface area contributed by atoms with Crippen molar-refractivity contribution in [2.45, 2.75) is 45.3 Å². The smallest absolute Gasteiger partial charge is 0.315 e. The number of hydrogen-bond donors (Lipinski definition) is 3. The van der Waals surface area contributed by atoms with Crippen LogP contribution in [0.25, 0.3) is 0 Å². The first-order chi connectivity index (χ1) is 12.7. The molecule has 0 spiro atoms. The van der Waals surface area contributed by atoms with E-state index in [9.17, 15) is 18.0 Å². The van der Waals surface area contributed by atoms with Gasteiger partial charge in [0.05, 0.1) is 11.5 Å². The summed E-state index contributed by atoms with van der Waals surface area (Å²) in [6.45, 7) is 4.07. The summed E-state index contributed by atoms with van der Waals surface area (Å²) < 4.78 is 23.0. The van der Waals surface area contributed by atoms with Crippen LogP contribution in [-0.4, -0.2) is 43.9 Å². The molecule has 0 bridgehead atoms. The lowest BCUT2D eigenvalue weighted by Gasteiger charge is -2.24. The number of carbonyl (C=O) groups is 2. The molecule has 9 heteroatoms. The molecule has 1 aliphatic heterocycles. The summed E-state index contributed by atoms with van der Waals surface area (Å²) >= 11 is 6.10. The van der Waals surface area contributed by atoms with Crippen molar-refractivity contribution in [3.05, 3.63) is 34.9 Å². The zero-order valence-corrected chi connectivity index (χ0v) is 17.1. The van der Waals surface area contributed by atoms with Gasteiger partial charge in [-0.05, 0) is 24.0 Å². The third-order valence-electron chi connectivity index (χ3n) is 4.76. The fourth-order valence-electron chi connectivity index (χ4n) is 2.91. The number of carbonyl (C=O) groups excluding carboxylic acids is 2. The molecule has 0 radical (unpaired) electrons. The summed E-state index contributed by atoms with van der Waals surface area (Å²) in [5.74, 6) is -0.384. The number of halogens is 1. The minimum atomic E-state index is -3.08. The fourth-order valence-corrected chi connectivity index (χ4v) is 4.79. The highest BCUT2D eigenvalue weighted by Gasteiger charge is 2.31. The number of sulfone groups is 1. The van der Waals surface area contributed by atoms with E-state index in [1.807, 2.05) is 32.0 Å². The van der Waals surface area contributed by atoms with Crippen molar-refractivity contribution in [2.24, 2.45) is 5.92 Å². The number of urea groups is 1. The second-order valence-electron chi connectivity index (χ2n) is 6.89. The molecule has 7 nitrogen and oxygen atoms in total. The normalized spacial score (nSPS) is 20.5. The average molecular weight is 416 g/mol. The molecule has 0 aliphatic carbocycles. The molecule has 1 saturated heterocycles. The van der Waals surface area contributed by atoms with E-state index in [1.54, 1.807) is 6.07 Å². The van der Waals surface area contributed by atoms with Crippen molar-refractivity contribution < 1.29 is 18.0 Å². The van der Waals surface area contributed by atoms with Gasteiger partial charge in [0, 0.05) is 17.6 Å². The highest BCUT2D eigenvalue weighted by Crippen LogP contribution is 2.15. The van der Waals surface area contributed by atoms with Gasteiger partial charge in [0.2, 0.25) is 5.91 Å². The van der Waals surface area contributed by atoms with Crippen LogP contribution in [0, 0.1) is 5.92 Å². The van der Waals surface area contributed by atoms with Crippen molar-refractivity contribution in [1.82, 2.24) is 16.0 Å². The van der Waals surface area contributed by atoms with Gasteiger partial charge >= 0.3 is 6.03 Å².